The first-order valence-electron chi connectivity index (χ1n) is 7.96. The number of aliphatic hydroxyl groups excluding tert-OH is 1. The zero-order valence-electron chi connectivity index (χ0n) is 13.8. The Morgan fingerprint density at radius 2 is 1.58 bits per heavy atom. The van der Waals surface area contributed by atoms with Gasteiger partial charge in [-0.3, -0.25) is 19.1 Å². The largest absolute Gasteiger partial charge is 0.380 e. The number of carbonyl (C=O) groups excluding carboxylic acids is 2. The van der Waals surface area contributed by atoms with Crippen LogP contribution in [0.1, 0.15) is 47.4 Å². The van der Waals surface area contributed by atoms with Crippen molar-refractivity contribution >= 4 is 19.4 Å². The highest BCUT2D eigenvalue weighted by atomic mass is 31.2. The van der Waals surface area contributed by atoms with Crippen molar-refractivity contribution in [3.8, 4) is 0 Å². The summed E-state index contributed by atoms with van der Waals surface area (Å²) >= 11 is 0. The number of hydrogen-bond acceptors (Lipinski definition) is 6. The highest BCUT2D eigenvalue weighted by molar-refractivity contribution is 7.54. The molecule has 1 aromatic rings. The van der Waals surface area contributed by atoms with Gasteiger partial charge in [0.15, 0.2) is 5.85 Å². The van der Waals surface area contributed by atoms with Crippen LogP contribution < -0.4 is 0 Å². The molecule has 0 radical (unpaired) electrons. The predicted octanol–water partition coefficient (Wildman–Crippen LogP) is 2.65. The smallest absolute Gasteiger partial charge is 0.358 e. The van der Waals surface area contributed by atoms with Crippen LogP contribution in [0.3, 0.4) is 0 Å². The van der Waals surface area contributed by atoms with Gasteiger partial charge in [-0.25, -0.2) is 0 Å². The van der Waals surface area contributed by atoms with Crippen molar-refractivity contribution in [2.24, 2.45) is 0 Å². The first-order valence-corrected chi connectivity index (χ1v) is 9.57. The lowest BCUT2D eigenvalue weighted by Gasteiger charge is -2.22. The van der Waals surface area contributed by atoms with Crippen molar-refractivity contribution in [2.75, 3.05) is 19.8 Å². The van der Waals surface area contributed by atoms with Gasteiger partial charge in [-0.1, -0.05) is 12.1 Å². The average molecular weight is 355 g/mol. The minimum absolute atomic E-state index is 0.102. The topological polar surface area (TPSA) is 93.1 Å². The monoisotopic (exact) mass is 355 g/mol. The highest BCUT2D eigenvalue weighted by Crippen LogP contribution is 2.53. The van der Waals surface area contributed by atoms with Crippen molar-refractivity contribution in [1.29, 1.82) is 0 Å². The summed E-state index contributed by atoms with van der Waals surface area (Å²) in [7, 11) is -3.59. The molecule has 1 aromatic carbocycles. The van der Waals surface area contributed by atoms with E-state index in [-0.39, 0.29) is 38.0 Å². The molecule has 0 aliphatic carbocycles. The van der Waals surface area contributed by atoms with Crippen molar-refractivity contribution in [2.45, 2.75) is 32.5 Å². The van der Waals surface area contributed by atoms with Crippen molar-refractivity contribution in [3.63, 3.8) is 0 Å². The second kappa shape index (κ2) is 8.03. The van der Waals surface area contributed by atoms with E-state index in [1.54, 1.807) is 38.1 Å². The third-order valence-electron chi connectivity index (χ3n) is 3.71. The first-order chi connectivity index (χ1) is 11.4. The van der Waals surface area contributed by atoms with Gasteiger partial charge >= 0.3 is 7.60 Å². The molecule has 8 heteroatoms. The minimum atomic E-state index is -3.59. The lowest BCUT2D eigenvalue weighted by atomic mass is 10.1. The van der Waals surface area contributed by atoms with E-state index in [0.29, 0.717) is 17.5 Å². The molecule has 1 atom stereocenters. The second-order valence-electron chi connectivity index (χ2n) is 5.31. The molecule has 0 aromatic heterocycles. The lowest BCUT2D eigenvalue weighted by Crippen LogP contribution is -2.31. The van der Waals surface area contributed by atoms with Gasteiger partial charge in [-0.15, -0.1) is 0 Å². The van der Waals surface area contributed by atoms with E-state index < -0.39 is 13.4 Å². The van der Waals surface area contributed by atoms with Gasteiger partial charge in [-0.2, -0.15) is 0 Å². The number of rotatable bonds is 9. The van der Waals surface area contributed by atoms with Crippen LogP contribution >= 0.6 is 7.60 Å². The van der Waals surface area contributed by atoms with E-state index in [9.17, 15) is 19.3 Å². The SMILES string of the molecule is CCOP(=O)(OCC)C(O)CCCN1C(=O)c2ccccc2C1=O. The van der Waals surface area contributed by atoms with Gasteiger partial charge in [-0.05, 0) is 38.8 Å². The van der Waals surface area contributed by atoms with Crippen LogP contribution in [0.25, 0.3) is 0 Å². The zero-order valence-corrected chi connectivity index (χ0v) is 14.7. The number of carbonyl (C=O) groups is 2. The summed E-state index contributed by atoms with van der Waals surface area (Å²) in [4.78, 5) is 25.6. The van der Waals surface area contributed by atoms with Crippen molar-refractivity contribution < 1.29 is 28.3 Å². The Labute approximate surface area is 141 Å². The molecule has 0 bridgehead atoms. The fraction of sp³-hybridized carbons (Fsp3) is 0.500. The molecular formula is C16H22NO6P. The van der Waals surface area contributed by atoms with Crippen molar-refractivity contribution in [3.05, 3.63) is 35.4 Å². The van der Waals surface area contributed by atoms with Gasteiger partial charge in [0.2, 0.25) is 0 Å². The molecule has 1 unspecified atom stereocenters. The minimum Gasteiger partial charge on any atom is -0.380 e. The Hall–Kier alpha value is -1.53. The van der Waals surface area contributed by atoms with Gasteiger partial charge in [0.05, 0.1) is 24.3 Å². The Kier molecular flexibility index (Phi) is 6.29. The highest BCUT2D eigenvalue weighted by Gasteiger charge is 2.36. The summed E-state index contributed by atoms with van der Waals surface area (Å²) in [5.41, 5.74) is 0.773. The number of nitrogens with zero attached hydrogens (tertiary/aromatic N) is 1. The molecule has 0 fully saturated rings. The van der Waals surface area contributed by atoms with Crippen LogP contribution in [0.2, 0.25) is 0 Å². The average Bonchev–Trinajstić information content (AvgIpc) is 2.80. The molecular weight excluding hydrogens is 333 g/mol. The predicted molar refractivity (Wildman–Crippen MR) is 87.9 cm³/mol. The van der Waals surface area contributed by atoms with Gasteiger partial charge < -0.3 is 14.2 Å². The Morgan fingerprint density at radius 3 is 2.04 bits per heavy atom. The molecule has 0 saturated heterocycles. The quantitative estimate of drug-likeness (QED) is 0.541. The van der Waals surface area contributed by atoms with Gasteiger partial charge in [0, 0.05) is 6.54 Å². The fourth-order valence-electron chi connectivity index (χ4n) is 2.60. The van der Waals surface area contributed by atoms with E-state index >= 15 is 0 Å². The van der Waals surface area contributed by atoms with Crippen LogP contribution in [0.4, 0.5) is 0 Å². The Balaban J connectivity index is 1.94. The zero-order chi connectivity index (χ0) is 17.7. The van der Waals surface area contributed by atoms with Crippen LogP contribution in [0, 0.1) is 0 Å². The Bertz CT molecular complexity index is 617. The Morgan fingerprint density at radius 1 is 1.08 bits per heavy atom. The van der Waals surface area contributed by atoms with Crippen LogP contribution in [0.15, 0.2) is 24.3 Å². The normalized spacial score (nSPS) is 15.7. The molecule has 24 heavy (non-hydrogen) atoms. The number of fused-ring (bicyclic) bond motifs is 1. The van der Waals surface area contributed by atoms with Crippen molar-refractivity contribution in [1.82, 2.24) is 4.90 Å². The summed E-state index contributed by atoms with van der Waals surface area (Å²) < 4.78 is 22.6. The molecule has 0 saturated carbocycles. The third kappa shape index (κ3) is 3.75. The summed E-state index contributed by atoms with van der Waals surface area (Å²) in [6, 6.07) is 6.64. The maximum atomic E-state index is 12.4. The summed E-state index contributed by atoms with van der Waals surface area (Å²) in [6.45, 7) is 3.79. The lowest BCUT2D eigenvalue weighted by molar-refractivity contribution is 0.0645. The third-order valence-corrected chi connectivity index (χ3v) is 5.93. The maximum Gasteiger partial charge on any atom is 0.358 e. The first kappa shape index (κ1) is 18.8. The van der Waals surface area contributed by atoms with E-state index in [1.165, 1.54) is 0 Å². The van der Waals surface area contributed by atoms with Crippen LogP contribution in [-0.4, -0.2) is 47.4 Å². The standard InChI is InChI=1S/C16H22NO6P/c1-3-22-24(21,23-4-2)14(18)10-7-11-17-15(19)12-8-5-6-9-13(12)16(17)20/h5-6,8-9,14,18H,3-4,7,10-11H2,1-2H3. The van der Waals surface area contributed by atoms with E-state index in [1.807, 2.05) is 0 Å². The van der Waals surface area contributed by atoms with E-state index in [0.717, 1.165) is 4.90 Å². The molecule has 1 aliphatic heterocycles. The summed E-state index contributed by atoms with van der Waals surface area (Å²) in [5.74, 6) is -1.97. The molecule has 1 N–H and O–H groups in total. The number of hydrogen-bond donors (Lipinski definition) is 1. The van der Waals surface area contributed by atoms with Crippen LogP contribution in [-0.2, 0) is 13.6 Å². The van der Waals surface area contributed by atoms with E-state index in [4.69, 9.17) is 9.05 Å². The molecule has 1 heterocycles. The van der Waals surface area contributed by atoms with Gasteiger partial charge in [0.1, 0.15) is 0 Å². The number of aliphatic hydroxyl groups is 1. The molecule has 1 aliphatic rings. The van der Waals surface area contributed by atoms with Gasteiger partial charge in [0.25, 0.3) is 11.8 Å². The fourth-order valence-corrected chi connectivity index (χ4v) is 4.24. The molecule has 2 amide bonds. The number of benzene rings is 1. The van der Waals surface area contributed by atoms with Crippen LogP contribution in [0.5, 0.6) is 0 Å². The molecule has 7 nitrogen and oxygen atoms in total. The summed E-state index contributed by atoms with van der Waals surface area (Å²) in [5, 5.41) is 10.1. The maximum absolute atomic E-state index is 12.4. The second-order valence-corrected chi connectivity index (χ2v) is 7.50. The molecule has 2 rings (SSSR count). The van der Waals surface area contributed by atoms with E-state index in [2.05, 4.69) is 0 Å². The summed E-state index contributed by atoms with van der Waals surface area (Å²) in [6.07, 6.45) is 0.404. The number of amides is 2. The molecule has 132 valence electrons. The number of imide groups is 1. The molecule has 0 spiro atoms.